The quantitative estimate of drug-likeness (QED) is 0.567. The zero-order chi connectivity index (χ0) is 20.9. The Morgan fingerprint density at radius 1 is 1.21 bits per heavy atom. The van der Waals surface area contributed by atoms with Crippen LogP contribution in [-0.4, -0.2) is 29.4 Å². The van der Waals surface area contributed by atoms with Crippen molar-refractivity contribution in [1.82, 2.24) is 5.32 Å². The van der Waals surface area contributed by atoms with Gasteiger partial charge in [0.2, 0.25) is 11.8 Å². The molecule has 2 aromatic carbocycles. The number of benzene rings is 2. The van der Waals surface area contributed by atoms with Crippen molar-refractivity contribution in [3.05, 3.63) is 64.4 Å². The van der Waals surface area contributed by atoms with Crippen LogP contribution in [0.15, 0.2) is 53.0 Å². The fourth-order valence-electron chi connectivity index (χ4n) is 3.40. The van der Waals surface area contributed by atoms with Gasteiger partial charge >= 0.3 is 0 Å². The average molecular weight is 479 g/mol. The Morgan fingerprint density at radius 2 is 1.93 bits per heavy atom. The number of nitrogens with one attached hydrogen (secondary N) is 2. The Hall–Kier alpha value is -1.86. The molecule has 2 N–H and O–H groups in total. The third kappa shape index (κ3) is 5.82. The Labute approximate surface area is 183 Å². The summed E-state index contributed by atoms with van der Waals surface area (Å²) < 4.78 is 14.0. The van der Waals surface area contributed by atoms with E-state index in [1.165, 1.54) is 41.6 Å². The molecule has 1 unspecified atom stereocenters. The van der Waals surface area contributed by atoms with E-state index in [1.54, 1.807) is 6.92 Å². The first-order chi connectivity index (χ1) is 13.9. The van der Waals surface area contributed by atoms with Gasteiger partial charge in [-0.1, -0.05) is 34.5 Å². The first-order valence-corrected chi connectivity index (χ1v) is 11.4. The number of anilines is 1. The molecule has 3 rings (SSSR count). The van der Waals surface area contributed by atoms with Crippen molar-refractivity contribution < 1.29 is 14.0 Å². The van der Waals surface area contributed by atoms with Crippen molar-refractivity contribution in [2.45, 2.75) is 36.9 Å². The molecular weight excluding hydrogens is 455 g/mol. The van der Waals surface area contributed by atoms with Crippen LogP contribution in [0, 0.1) is 5.82 Å². The summed E-state index contributed by atoms with van der Waals surface area (Å²) in [5.74, 6) is -0.477. The Bertz CT molecular complexity index is 871. The minimum Gasteiger partial charge on any atom is -0.354 e. The third-order valence-corrected chi connectivity index (χ3v) is 6.95. The van der Waals surface area contributed by atoms with Crippen molar-refractivity contribution in [2.24, 2.45) is 0 Å². The van der Waals surface area contributed by atoms with Crippen LogP contribution in [0.25, 0.3) is 0 Å². The smallest absolute Gasteiger partial charge is 0.234 e. The standard InChI is InChI=1S/C22H24BrFN2O2S/c1-15(29-13-20(27)26-19-8-6-18(24)7-9-19)21(28)25-14-22(10-3-11-22)16-4-2-5-17(23)12-16/h2,4-9,12,15H,3,10-11,13-14H2,1H3,(H,25,28)(H,26,27). The molecule has 4 nitrogen and oxygen atoms in total. The summed E-state index contributed by atoms with van der Waals surface area (Å²) >= 11 is 4.81. The summed E-state index contributed by atoms with van der Waals surface area (Å²) in [4.78, 5) is 24.6. The first-order valence-electron chi connectivity index (χ1n) is 9.59. The molecule has 1 saturated carbocycles. The predicted octanol–water partition coefficient (Wildman–Crippen LogP) is 4.89. The van der Waals surface area contributed by atoms with E-state index in [2.05, 4.69) is 38.7 Å². The topological polar surface area (TPSA) is 58.2 Å². The Morgan fingerprint density at radius 3 is 2.55 bits per heavy atom. The number of carbonyl (C=O) groups is 2. The summed E-state index contributed by atoms with van der Waals surface area (Å²) in [5, 5.41) is 5.44. The van der Waals surface area contributed by atoms with E-state index < -0.39 is 0 Å². The highest BCUT2D eigenvalue weighted by Gasteiger charge is 2.39. The lowest BCUT2D eigenvalue weighted by atomic mass is 9.64. The molecule has 0 spiro atoms. The van der Waals surface area contributed by atoms with Crippen LogP contribution in [0.3, 0.4) is 0 Å². The molecule has 0 aliphatic heterocycles. The lowest BCUT2D eigenvalue weighted by Gasteiger charge is -2.43. The average Bonchev–Trinajstić information content (AvgIpc) is 2.67. The van der Waals surface area contributed by atoms with E-state index in [0.29, 0.717) is 12.2 Å². The molecular formula is C22H24BrFN2O2S. The van der Waals surface area contributed by atoms with E-state index in [4.69, 9.17) is 0 Å². The van der Waals surface area contributed by atoms with Crippen LogP contribution >= 0.6 is 27.7 Å². The number of rotatable bonds is 8. The number of halogens is 2. The van der Waals surface area contributed by atoms with Crippen molar-refractivity contribution in [1.29, 1.82) is 0 Å². The SMILES string of the molecule is CC(SCC(=O)Nc1ccc(F)cc1)C(=O)NCC1(c2cccc(Br)c2)CCC1. The fourth-order valence-corrected chi connectivity index (χ4v) is 4.50. The van der Waals surface area contributed by atoms with Crippen LogP contribution in [0.2, 0.25) is 0 Å². The molecule has 0 radical (unpaired) electrons. The van der Waals surface area contributed by atoms with Crippen molar-refractivity contribution in [2.75, 3.05) is 17.6 Å². The van der Waals surface area contributed by atoms with Gasteiger partial charge in [0.15, 0.2) is 0 Å². The second-order valence-electron chi connectivity index (χ2n) is 7.37. The van der Waals surface area contributed by atoms with E-state index in [9.17, 15) is 14.0 Å². The maximum atomic E-state index is 12.9. The molecule has 1 aliphatic carbocycles. The molecule has 7 heteroatoms. The van der Waals surface area contributed by atoms with E-state index in [1.807, 2.05) is 12.1 Å². The number of hydrogen-bond acceptors (Lipinski definition) is 3. The van der Waals surface area contributed by atoms with Gasteiger partial charge in [-0.15, -0.1) is 11.8 Å². The normalized spacial score (nSPS) is 15.8. The molecule has 29 heavy (non-hydrogen) atoms. The minimum absolute atomic E-state index is 0.00375. The lowest BCUT2D eigenvalue weighted by molar-refractivity contribution is -0.120. The lowest BCUT2D eigenvalue weighted by Crippen LogP contribution is -2.47. The number of thioether (sulfide) groups is 1. The summed E-state index contributed by atoms with van der Waals surface area (Å²) in [6, 6.07) is 13.9. The molecule has 0 bridgehead atoms. The molecule has 1 fully saturated rings. The largest absolute Gasteiger partial charge is 0.354 e. The van der Waals surface area contributed by atoms with Crippen LogP contribution in [0.1, 0.15) is 31.7 Å². The molecule has 2 amide bonds. The van der Waals surface area contributed by atoms with Gasteiger partial charge in [-0.05, 0) is 61.7 Å². The van der Waals surface area contributed by atoms with Gasteiger partial charge in [0.1, 0.15) is 5.82 Å². The van der Waals surface area contributed by atoms with Gasteiger partial charge in [0.25, 0.3) is 0 Å². The van der Waals surface area contributed by atoms with Crippen molar-refractivity contribution in [3.8, 4) is 0 Å². The second-order valence-corrected chi connectivity index (χ2v) is 9.62. The molecule has 2 aromatic rings. The van der Waals surface area contributed by atoms with E-state index in [0.717, 1.165) is 23.7 Å². The van der Waals surface area contributed by atoms with Crippen LogP contribution in [0.4, 0.5) is 10.1 Å². The highest BCUT2D eigenvalue weighted by atomic mass is 79.9. The minimum atomic E-state index is -0.352. The van der Waals surface area contributed by atoms with E-state index in [-0.39, 0.29) is 34.0 Å². The number of hydrogen-bond donors (Lipinski definition) is 2. The fraction of sp³-hybridized carbons (Fsp3) is 0.364. The first kappa shape index (κ1) is 21.8. The molecule has 1 atom stereocenters. The zero-order valence-corrected chi connectivity index (χ0v) is 18.6. The molecule has 0 heterocycles. The summed E-state index contributed by atoms with van der Waals surface area (Å²) in [7, 11) is 0. The highest BCUT2D eigenvalue weighted by molar-refractivity contribution is 9.10. The molecule has 0 saturated heterocycles. The molecule has 1 aliphatic rings. The summed E-state index contributed by atoms with van der Waals surface area (Å²) in [6.07, 6.45) is 3.28. The van der Waals surface area contributed by atoms with Gasteiger partial charge in [-0.3, -0.25) is 9.59 Å². The zero-order valence-electron chi connectivity index (χ0n) is 16.2. The Kier molecular flexibility index (Phi) is 7.35. The van der Waals surface area contributed by atoms with E-state index >= 15 is 0 Å². The Balaban J connectivity index is 1.46. The van der Waals surface area contributed by atoms with Gasteiger partial charge in [0.05, 0.1) is 11.0 Å². The maximum Gasteiger partial charge on any atom is 0.234 e. The summed E-state index contributed by atoms with van der Waals surface area (Å²) in [5.41, 5.74) is 1.79. The van der Waals surface area contributed by atoms with Crippen LogP contribution < -0.4 is 10.6 Å². The summed E-state index contributed by atoms with van der Waals surface area (Å²) in [6.45, 7) is 2.41. The predicted molar refractivity (Wildman–Crippen MR) is 120 cm³/mol. The molecule has 154 valence electrons. The van der Waals surface area contributed by atoms with Crippen molar-refractivity contribution in [3.63, 3.8) is 0 Å². The second kappa shape index (κ2) is 9.76. The van der Waals surface area contributed by atoms with Crippen molar-refractivity contribution >= 4 is 45.2 Å². The number of carbonyl (C=O) groups excluding carboxylic acids is 2. The van der Waals surface area contributed by atoms with Crippen LogP contribution in [0.5, 0.6) is 0 Å². The third-order valence-electron chi connectivity index (χ3n) is 5.31. The molecule has 0 aromatic heterocycles. The van der Waals surface area contributed by atoms with Crippen LogP contribution in [-0.2, 0) is 15.0 Å². The maximum absolute atomic E-state index is 12.9. The van der Waals surface area contributed by atoms with Gasteiger partial charge < -0.3 is 10.6 Å². The van der Waals surface area contributed by atoms with Gasteiger partial charge in [0, 0.05) is 22.1 Å². The van der Waals surface area contributed by atoms with Gasteiger partial charge in [-0.25, -0.2) is 4.39 Å². The highest BCUT2D eigenvalue weighted by Crippen LogP contribution is 2.43. The van der Waals surface area contributed by atoms with Gasteiger partial charge in [-0.2, -0.15) is 0 Å². The monoisotopic (exact) mass is 478 g/mol. The number of amides is 2.